The molecule has 1 aliphatic heterocycles. The summed E-state index contributed by atoms with van der Waals surface area (Å²) in [5, 5.41) is 0. The molecule has 0 N–H and O–H groups in total. The van der Waals surface area contributed by atoms with Gasteiger partial charge in [-0.25, -0.2) is 4.79 Å². The molecular formula is C12H14N2O3. The normalized spacial score (nSPS) is 15.6. The van der Waals surface area contributed by atoms with Crippen LogP contribution >= 0.6 is 0 Å². The number of rotatable bonds is 3. The van der Waals surface area contributed by atoms with Gasteiger partial charge in [0.15, 0.2) is 0 Å². The molecule has 1 heterocycles. The van der Waals surface area contributed by atoms with Crippen LogP contribution in [-0.2, 0) is 11.3 Å². The number of ether oxygens (including phenoxy) is 1. The average molecular weight is 234 g/mol. The van der Waals surface area contributed by atoms with E-state index in [1.54, 1.807) is 14.2 Å². The fourth-order valence-corrected chi connectivity index (χ4v) is 1.74. The van der Waals surface area contributed by atoms with E-state index in [1.807, 2.05) is 24.3 Å². The van der Waals surface area contributed by atoms with Crippen molar-refractivity contribution in [1.29, 1.82) is 0 Å². The molecule has 0 unspecified atom stereocenters. The van der Waals surface area contributed by atoms with Crippen molar-refractivity contribution < 1.29 is 14.3 Å². The van der Waals surface area contributed by atoms with Gasteiger partial charge in [-0.3, -0.25) is 9.69 Å². The van der Waals surface area contributed by atoms with Crippen LogP contribution in [0.15, 0.2) is 24.3 Å². The standard InChI is InChI=1S/C12H14N2O3/c1-13-8-11(15)14(12(13)16)7-9-3-5-10(17-2)6-4-9/h3-6H,7-8H2,1-2H3. The Kier molecular flexibility index (Phi) is 2.99. The minimum Gasteiger partial charge on any atom is -0.497 e. The van der Waals surface area contributed by atoms with Crippen LogP contribution in [0, 0.1) is 0 Å². The average Bonchev–Trinajstić information content (AvgIpc) is 2.57. The number of nitrogens with zero attached hydrogens (tertiary/aromatic N) is 2. The minimum absolute atomic E-state index is 0.159. The Labute approximate surface area is 99.6 Å². The fourth-order valence-electron chi connectivity index (χ4n) is 1.74. The summed E-state index contributed by atoms with van der Waals surface area (Å²) in [4.78, 5) is 25.9. The topological polar surface area (TPSA) is 49.9 Å². The molecule has 1 saturated heterocycles. The van der Waals surface area contributed by atoms with Crippen LogP contribution in [0.4, 0.5) is 4.79 Å². The van der Waals surface area contributed by atoms with Gasteiger partial charge in [-0.2, -0.15) is 0 Å². The van der Waals surface area contributed by atoms with Gasteiger partial charge in [0, 0.05) is 7.05 Å². The van der Waals surface area contributed by atoms with Crippen molar-refractivity contribution in [3.63, 3.8) is 0 Å². The van der Waals surface area contributed by atoms with Crippen molar-refractivity contribution in [1.82, 2.24) is 9.80 Å². The molecule has 0 aliphatic carbocycles. The lowest BCUT2D eigenvalue weighted by atomic mass is 10.2. The van der Waals surface area contributed by atoms with Gasteiger partial charge in [-0.15, -0.1) is 0 Å². The maximum atomic E-state index is 11.6. The number of hydrogen-bond acceptors (Lipinski definition) is 3. The Hall–Kier alpha value is -2.04. The first-order valence-electron chi connectivity index (χ1n) is 5.30. The molecular weight excluding hydrogens is 220 g/mol. The zero-order valence-corrected chi connectivity index (χ0v) is 9.84. The number of carbonyl (C=O) groups excluding carboxylic acids is 2. The van der Waals surface area contributed by atoms with Crippen LogP contribution in [0.3, 0.4) is 0 Å². The highest BCUT2D eigenvalue weighted by molar-refractivity contribution is 6.01. The molecule has 3 amide bonds. The second-order valence-electron chi connectivity index (χ2n) is 3.97. The molecule has 0 spiro atoms. The highest BCUT2D eigenvalue weighted by atomic mass is 16.5. The number of amides is 3. The van der Waals surface area contributed by atoms with Crippen molar-refractivity contribution in [3.8, 4) is 5.75 Å². The number of hydrogen-bond donors (Lipinski definition) is 0. The lowest BCUT2D eigenvalue weighted by Gasteiger charge is -2.14. The number of carbonyl (C=O) groups is 2. The third-order valence-corrected chi connectivity index (χ3v) is 2.73. The molecule has 1 aromatic rings. The molecule has 90 valence electrons. The highest BCUT2D eigenvalue weighted by Gasteiger charge is 2.33. The monoisotopic (exact) mass is 234 g/mol. The first-order valence-corrected chi connectivity index (χ1v) is 5.30. The number of likely N-dealkylation sites (N-methyl/N-ethyl adjacent to an activating group) is 1. The van der Waals surface area contributed by atoms with Crippen molar-refractivity contribution in [2.45, 2.75) is 6.54 Å². The van der Waals surface area contributed by atoms with E-state index in [9.17, 15) is 9.59 Å². The SMILES string of the molecule is COc1ccc(CN2C(=O)CN(C)C2=O)cc1. The lowest BCUT2D eigenvalue weighted by molar-refractivity contribution is -0.125. The smallest absolute Gasteiger partial charge is 0.327 e. The van der Waals surface area contributed by atoms with E-state index in [2.05, 4.69) is 0 Å². The first kappa shape index (κ1) is 11.4. The van der Waals surface area contributed by atoms with E-state index < -0.39 is 0 Å². The van der Waals surface area contributed by atoms with Crippen LogP contribution in [-0.4, -0.2) is 42.4 Å². The molecule has 2 rings (SSSR count). The zero-order chi connectivity index (χ0) is 12.4. The van der Waals surface area contributed by atoms with E-state index in [0.717, 1.165) is 11.3 Å². The Balaban J connectivity index is 2.10. The van der Waals surface area contributed by atoms with Crippen LogP contribution < -0.4 is 4.74 Å². The highest BCUT2D eigenvalue weighted by Crippen LogP contribution is 2.16. The van der Waals surface area contributed by atoms with E-state index in [-0.39, 0.29) is 18.5 Å². The predicted octanol–water partition coefficient (Wildman–Crippen LogP) is 1.09. The fraction of sp³-hybridized carbons (Fsp3) is 0.333. The van der Waals surface area contributed by atoms with E-state index >= 15 is 0 Å². The van der Waals surface area contributed by atoms with Crippen LogP contribution in [0.5, 0.6) is 5.75 Å². The molecule has 0 aromatic heterocycles. The van der Waals surface area contributed by atoms with Crippen molar-refractivity contribution in [3.05, 3.63) is 29.8 Å². The number of benzene rings is 1. The third kappa shape index (κ3) is 2.22. The Bertz CT molecular complexity index is 442. The van der Waals surface area contributed by atoms with Crippen LogP contribution in [0.25, 0.3) is 0 Å². The van der Waals surface area contributed by atoms with Crippen molar-refractivity contribution >= 4 is 11.9 Å². The van der Waals surface area contributed by atoms with Gasteiger partial charge in [-0.1, -0.05) is 12.1 Å². The lowest BCUT2D eigenvalue weighted by Crippen LogP contribution is -2.30. The number of urea groups is 1. The Morgan fingerprint density at radius 3 is 2.35 bits per heavy atom. The molecule has 0 bridgehead atoms. The predicted molar refractivity (Wildman–Crippen MR) is 61.6 cm³/mol. The molecule has 17 heavy (non-hydrogen) atoms. The number of methoxy groups -OCH3 is 1. The molecule has 1 aliphatic rings. The minimum atomic E-state index is -0.245. The summed E-state index contributed by atoms with van der Waals surface area (Å²) in [6.07, 6.45) is 0. The quantitative estimate of drug-likeness (QED) is 0.735. The molecule has 0 radical (unpaired) electrons. The van der Waals surface area contributed by atoms with E-state index in [4.69, 9.17) is 4.74 Å². The summed E-state index contributed by atoms with van der Waals surface area (Å²) in [6.45, 7) is 0.473. The van der Waals surface area contributed by atoms with Gasteiger partial charge in [-0.05, 0) is 17.7 Å². The summed E-state index contributed by atoms with van der Waals surface area (Å²) < 4.78 is 5.04. The van der Waals surface area contributed by atoms with Gasteiger partial charge >= 0.3 is 6.03 Å². The van der Waals surface area contributed by atoms with Gasteiger partial charge < -0.3 is 9.64 Å². The van der Waals surface area contributed by atoms with Gasteiger partial charge in [0.25, 0.3) is 5.91 Å². The Morgan fingerprint density at radius 1 is 1.24 bits per heavy atom. The summed E-state index contributed by atoms with van der Waals surface area (Å²) in [7, 11) is 3.21. The summed E-state index contributed by atoms with van der Waals surface area (Å²) in [5.74, 6) is 0.596. The van der Waals surface area contributed by atoms with Crippen LogP contribution in [0.2, 0.25) is 0 Å². The summed E-state index contributed by atoms with van der Waals surface area (Å²) in [6, 6.07) is 7.06. The maximum absolute atomic E-state index is 11.6. The summed E-state index contributed by atoms with van der Waals surface area (Å²) >= 11 is 0. The Morgan fingerprint density at radius 2 is 1.88 bits per heavy atom. The van der Waals surface area contributed by atoms with Gasteiger partial charge in [0.1, 0.15) is 12.3 Å². The first-order chi connectivity index (χ1) is 8.11. The van der Waals surface area contributed by atoms with E-state index in [1.165, 1.54) is 9.80 Å². The molecule has 1 aromatic carbocycles. The second-order valence-corrected chi connectivity index (χ2v) is 3.97. The largest absolute Gasteiger partial charge is 0.497 e. The van der Waals surface area contributed by atoms with Crippen molar-refractivity contribution in [2.24, 2.45) is 0 Å². The molecule has 5 heteroatoms. The third-order valence-electron chi connectivity index (χ3n) is 2.73. The summed E-state index contributed by atoms with van der Waals surface area (Å²) in [5.41, 5.74) is 0.905. The zero-order valence-electron chi connectivity index (χ0n) is 9.84. The van der Waals surface area contributed by atoms with Crippen molar-refractivity contribution in [2.75, 3.05) is 20.7 Å². The second kappa shape index (κ2) is 4.45. The number of imide groups is 1. The molecule has 1 fully saturated rings. The maximum Gasteiger partial charge on any atom is 0.327 e. The molecule has 0 saturated carbocycles. The van der Waals surface area contributed by atoms with Crippen LogP contribution in [0.1, 0.15) is 5.56 Å². The molecule has 0 atom stereocenters. The van der Waals surface area contributed by atoms with Gasteiger partial charge in [0.05, 0.1) is 13.7 Å². The molecule has 5 nitrogen and oxygen atoms in total. The van der Waals surface area contributed by atoms with E-state index in [0.29, 0.717) is 6.54 Å². The van der Waals surface area contributed by atoms with Gasteiger partial charge in [0.2, 0.25) is 0 Å².